The number of carbonyl (C=O) groups excluding carboxylic acids is 2. The zero-order valence-electron chi connectivity index (χ0n) is 12.5. The summed E-state index contributed by atoms with van der Waals surface area (Å²) in [5, 5.41) is 2.47. The van der Waals surface area contributed by atoms with E-state index in [-0.39, 0.29) is 12.3 Å². The lowest BCUT2D eigenvalue weighted by molar-refractivity contribution is 0.0520. The maximum Gasteiger partial charge on any atom is 0.408 e. The number of alkyl carbamates (subject to hydrolysis) is 1. The Morgan fingerprint density at radius 3 is 2.15 bits per heavy atom. The Balaban J connectivity index is 2.66. The second kappa shape index (κ2) is 6.39. The van der Waals surface area contributed by atoms with E-state index in [2.05, 4.69) is 21.2 Å². The number of carbonyl (C=O) groups is 2. The first-order valence-corrected chi connectivity index (χ1v) is 7.16. The highest BCUT2D eigenvalue weighted by atomic mass is 79.9. The SMILES string of the molecule is Cc1cc(C(=O)CNC(=O)OC(C)(C)C)cc(C)c1Br. The number of ketones is 1. The number of nitrogens with one attached hydrogen (secondary N) is 1. The number of aryl methyl sites for hydroxylation is 2. The largest absolute Gasteiger partial charge is 0.444 e. The molecule has 0 aliphatic carbocycles. The summed E-state index contributed by atoms with van der Waals surface area (Å²) in [7, 11) is 0. The number of halogens is 1. The second-order valence-corrected chi connectivity index (χ2v) is 6.50. The number of benzene rings is 1. The predicted molar refractivity (Wildman–Crippen MR) is 82.2 cm³/mol. The second-order valence-electron chi connectivity index (χ2n) is 5.70. The first-order valence-electron chi connectivity index (χ1n) is 6.37. The molecule has 4 nitrogen and oxygen atoms in total. The molecule has 0 aliphatic heterocycles. The van der Waals surface area contributed by atoms with Crippen molar-refractivity contribution in [2.45, 2.75) is 40.2 Å². The molecule has 0 saturated carbocycles. The first-order chi connectivity index (χ1) is 9.10. The van der Waals surface area contributed by atoms with Crippen LogP contribution in [0.2, 0.25) is 0 Å². The third-order valence-corrected chi connectivity index (χ3v) is 3.80. The first kappa shape index (κ1) is 16.7. The molecule has 1 aromatic carbocycles. The molecule has 110 valence electrons. The Morgan fingerprint density at radius 2 is 1.70 bits per heavy atom. The summed E-state index contributed by atoms with van der Waals surface area (Å²) in [6.07, 6.45) is -0.587. The minimum atomic E-state index is -0.587. The molecule has 1 aromatic rings. The van der Waals surface area contributed by atoms with Gasteiger partial charge in [-0.1, -0.05) is 15.9 Å². The van der Waals surface area contributed by atoms with Crippen LogP contribution in [0.1, 0.15) is 42.3 Å². The van der Waals surface area contributed by atoms with Gasteiger partial charge in [0.15, 0.2) is 5.78 Å². The molecule has 1 rings (SSSR count). The maximum absolute atomic E-state index is 12.0. The van der Waals surface area contributed by atoms with Crippen LogP contribution in [0.15, 0.2) is 16.6 Å². The molecule has 0 aromatic heterocycles. The Kier molecular flexibility index (Phi) is 5.34. The predicted octanol–water partition coefficient (Wildman–Crippen LogP) is 3.77. The smallest absolute Gasteiger partial charge is 0.408 e. The van der Waals surface area contributed by atoms with E-state index >= 15 is 0 Å². The Labute approximate surface area is 128 Å². The summed E-state index contributed by atoms with van der Waals surface area (Å²) in [4.78, 5) is 23.5. The van der Waals surface area contributed by atoms with E-state index in [4.69, 9.17) is 4.74 Å². The van der Waals surface area contributed by atoms with Crippen molar-refractivity contribution in [2.24, 2.45) is 0 Å². The fraction of sp³-hybridized carbons (Fsp3) is 0.467. The van der Waals surface area contributed by atoms with Crippen LogP contribution in [0.25, 0.3) is 0 Å². The molecule has 0 bridgehead atoms. The van der Waals surface area contributed by atoms with Gasteiger partial charge in [-0.05, 0) is 57.9 Å². The van der Waals surface area contributed by atoms with Crippen LogP contribution >= 0.6 is 15.9 Å². The molecule has 0 heterocycles. The van der Waals surface area contributed by atoms with Crippen molar-refractivity contribution in [1.82, 2.24) is 5.32 Å². The number of amides is 1. The van der Waals surface area contributed by atoms with Crippen molar-refractivity contribution in [3.63, 3.8) is 0 Å². The number of hydrogen-bond donors (Lipinski definition) is 1. The van der Waals surface area contributed by atoms with Crippen molar-refractivity contribution in [2.75, 3.05) is 6.54 Å². The average Bonchev–Trinajstić information content (AvgIpc) is 2.30. The molecule has 0 fully saturated rings. The number of rotatable bonds is 3. The molecule has 0 spiro atoms. The lowest BCUT2D eigenvalue weighted by Crippen LogP contribution is -2.35. The van der Waals surface area contributed by atoms with E-state index in [1.54, 1.807) is 32.9 Å². The monoisotopic (exact) mass is 341 g/mol. The third kappa shape index (κ3) is 4.96. The fourth-order valence-corrected chi connectivity index (χ4v) is 1.90. The molecule has 0 saturated heterocycles. The molecule has 1 N–H and O–H groups in total. The van der Waals surface area contributed by atoms with Gasteiger partial charge in [0.05, 0.1) is 6.54 Å². The van der Waals surface area contributed by atoms with Crippen molar-refractivity contribution in [3.8, 4) is 0 Å². The summed E-state index contributed by atoms with van der Waals surface area (Å²) in [6.45, 7) is 9.10. The molecule has 0 atom stereocenters. The Bertz CT molecular complexity index is 509. The van der Waals surface area contributed by atoms with Crippen LogP contribution in [0.5, 0.6) is 0 Å². The lowest BCUT2D eigenvalue weighted by atomic mass is 10.0. The lowest BCUT2D eigenvalue weighted by Gasteiger charge is -2.19. The molecule has 1 amide bonds. The highest BCUT2D eigenvalue weighted by Gasteiger charge is 2.17. The molecule has 0 aliphatic rings. The zero-order valence-corrected chi connectivity index (χ0v) is 14.1. The minimum absolute atomic E-state index is 0.0740. The fourth-order valence-electron chi connectivity index (χ4n) is 1.68. The normalized spacial score (nSPS) is 11.1. The topological polar surface area (TPSA) is 55.4 Å². The molecular weight excluding hydrogens is 322 g/mol. The van der Waals surface area contributed by atoms with Crippen LogP contribution in [0.3, 0.4) is 0 Å². The van der Waals surface area contributed by atoms with Crippen molar-refractivity contribution >= 4 is 27.8 Å². The van der Waals surface area contributed by atoms with Gasteiger partial charge in [0.25, 0.3) is 0 Å². The Morgan fingerprint density at radius 1 is 1.20 bits per heavy atom. The minimum Gasteiger partial charge on any atom is -0.444 e. The summed E-state index contributed by atoms with van der Waals surface area (Å²) in [5.74, 6) is -0.144. The average molecular weight is 342 g/mol. The van der Waals surface area contributed by atoms with Gasteiger partial charge >= 0.3 is 6.09 Å². The van der Waals surface area contributed by atoms with E-state index in [0.717, 1.165) is 15.6 Å². The molecule has 5 heteroatoms. The number of ether oxygens (including phenoxy) is 1. The maximum atomic E-state index is 12.0. The van der Waals surface area contributed by atoms with Gasteiger partial charge in [0.2, 0.25) is 0 Å². The molecule has 0 unspecified atom stereocenters. The summed E-state index contributed by atoms with van der Waals surface area (Å²) in [5.41, 5.74) is 1.99. The van der Waals surface area contributed by atoms with Gasteiger partial charge in [-0.2, -0.15) is 0 Å². The Hall–Kier alpha value is -1.36. The molecular formula is C15H20BrNO3. The van der Waals surface area contributed by atoms with E-state index in [0.29, 0.717) is 5.56 Å². The van der Waals surface area contributed by atoms with Gasteiger partial charge in [-0.15, -0.1) is 0 Å². The molecule has 20 heavy (non-hydrogen) atoms. The van der Waals surface area contributed by atoms with E-state index in [1.165, 1.54) is 0 Å². The van der Waals surface area contributed by atoms with Gasteiger partial charge in [0.1, 0.15) is 5.60 Å². The van der Waals surface area contributed by atoms with Gasteiger partial charge in [-0.25, -0.2) is 4.79 Å². The number of hydrogen-bond acceptors (Lipinski definition) is 3. The number of Topliss-reactive ketones (excluding diaryl/α,β-unsaturated/α-hetero) is 1. The van der Waals surface area contributed by atoms with Gasteiger partial charge in [0, 0.05) is 10.0 Å². The van der Waals surface area contributed by atoms with Crippen LogP contribution in [0.4, 0.5) is 4.79 Å². The summed E-state index contributed by atoms with van der Waals surface area (Å²) < 4.78 is 6.08. The highest BCUT2D eigenvalue weighted by molar-refractivity contribution is 9.10. The van der Waals surface area contributed by atoms with Crippen molar-refractivity contribution in [1.29, 1.82) is 0 Å². The highest BCUT2D eigenvalue weighted by Crippen LogP contribution is 2.22. The van der Waals surface area contributed by atoms with Crippen LogP contribution in [-0.4, -0.2) is 24.0 Å². The van der Waals surface area contributed by atoms with E-state index in [1.807, 2.05) is 13.8 Å². The standard InChI is InChI=1S/C15H20BrNO3/c1-9-6-11(7-10(2)13(9)16)12(18)8-17-14(19)20-15(3,4)5/h6-7H,8H2,1-5H3,(H,17,19). The van der Waals surface area contributed by atoms with Crippen molar-refractivity contribution < 1.29 is 14.3 Å². The molecule has 0 radical (unpaired) electrons. The van der Waals surface area contributed by atoms with Crippen LogP contribution < -0.4 is 5.32 Å². The van der Waals surface area contributed by atoms with Gasteiger partial charge < -0.3 is 10.1 Å². The summed E-state index contributed by atoms with van der Waals surface area (Å²) in [6, 6.07) is 3.60. The van der Waals surface area contributed by atoms with Crippen LogP contribution in [0, 0.1) is 13.8 Å². The zero-order chi connectivity index (χ0) is 15.5. The van der Waals surface area contributed by atoms with Crippen LogP contribution in [-0.2, 0) is 4.74 Å². The third-order valence-electron chi connectivity index (χ3n) is 2.55. The van der Waals surface area contributed by atoms with Gasteiger partial charge in [-0.3, -0.25) is 4.79 Å². The van der Waals surface area contributed by atoms with E-state index in [9.17, 15) is 9.59 Å². The van der Waals surface area contributed by atoms with E-state index < -0.39 is 11.7 Å². The quantitative estimate of drug-likeness (QED) is 0.851. The van der Waals surface area contributed by atoms with Crippen molar-refractivity contribution in [3.05, 3.63) is 33.3 Å². The summed E-state index contributed by atoms with van der Waals surface area (Å²) >= 11 is 3.46.